The molecule has 0 aliphatic rings. The molecule has 0 fully saturated rings. The van der Waals surface area contributed by atoms with E-state index >= 15 is 0 Å². The van der Waals surface area contributed by atoms with Gasteiger partial charge < -0.3 is 5.32 Å². The Kier molecular flexibility index (Phi) is 4.75. The van der Waals surface area contributed by atoms with E-state index in [1.807, 2.05) is 7.05 Å². The van der Waals surface area contributed by atoms with Crippen molar-refractivity contribution in [3.63, 3.8) is 0 Å². The Balaban J connectivity index is 2.19. The van der Waals surface area contributed by atoms with Crippen molar-refractivity contribution >= 4 is 33.9 Å². The Labute approximate surface area is 126 Å². The molecule has 1 aromatic carbocycles. The molecular weight excluding hydrogens is 355 g/mol. The van der Waals surface area contributed by atoms with E-state index < -0.39 is 0 Å². The van der Waals surface area contributed by atoms with Crippen molar-refractivity contribution in [2.24, 2.45) is 0 Å². The summed E-state index contributed by atoms with van der Waals surface area (Å²) in [7, 11) is 2.01. The predicted molar refractivity (Wildman–Crippen MR) is 86.3 cm³/mol. The quantitative estimate of drug-likeness (QED) is 0.825. The van der Waals surface area contributed by atoms with Crippen molar-refractivity contribution in [1.29, 1.82) is 0 Å². The van der Waals surface area contributed by atoms with Crippen LogP contribution in [0.3, 0.4) is 0 Å². The van der Waals surface area contributed by atoms with Crippen LogP contribution in [-0.2, 0) is 6.42 Å². The van der Waals surface area contributed by atoms with Crippen LogP contribution in [0.15, 0.2) is 24.3 Å². The lowest BCUT2D eigenvalue weighted by molar-refractivity contribution is 0.589. The van der Waals surface area contributed by atoms with Crippen molar-refractivity contribution in [1.82, 2.24) is 10.3 Å². The molecule has 0 bridgehead atoms. The van der Waals surface area contributed by atoms with E-state index in [4.69, 9.17) is 0 Å². The normalized spacial score (nSPS) is 12.7. The maximum absolute atomic E-state index is 4.62. The first kappa shape index (κ1) is 14.0. The fourth-order valence-corrected chi connectivity index (χ4v) is 3.46. The first-order valence-electron chi connectivity index (χ1n) is 5.95. The third-order valence-corrected chi connectivity index (χ3v) is 4.82. The Morgan fingerprint density at radius 1 is 1.39 bits per heavy atom. The zero-order chi connectivity index (χ0) is 13.1. The molecule has 1 heterocycles. The van der Waals surface area contributed by atoms with Crippen LogP contribution >= 0.6 is 33.9 Å². The predicted octanol–water partition coefficient (Wildman–Crippen LogP) is 3.87. The number of aryl methyl sites for hydroxylation is 2. The summed E-state index contributed by atoms with van der Waals surface area (Å²) in [4.78, 5) is 5.94. The monoisotopic (exact) mass is 372 g/mol. The number of halogens is 1. The lowest BCUT2D eigenvalue weighted by Gasteiger charge is -2.15. The summed E-state index contributed by atoms with van der Waals surface area (Å²) in [5.74, 6) is 0. The van der Waals surface area contributed by atoms with Gasteiger partial charge in [-0.3, -0.25) is 0 Å². The Morgan fingerprint density at radius 3 is 2.72 bits per heavy atom. The van der Waals surface area contributed by atoms with Gasteiger partial charge in [-0.15, -0.1) is 11.3 Å². The molecule has 1 aromatic heterocycles. The first-order chi connectivity index (χ1) is 8.60. The zero-order valence-corrected chi connectivity index (χ0v) is 13.8. The van der Waals surface area contributed by atoms with Gasteiger partial charge in [-0.25, -0.2) is 4.98 Å². The molecule has 4 heteroatoms. The number of rotatable bonds is 4. The Bertz CT molecular complexity index is 517. The molecule has 1 N–H and O–H groups in total. The number of thiazole rings is 1. The Hall–Kier alpha value is -0.460. The number of likely N-dealkylation sites (N-methyl/N-ethyl adjacent to an activating group) is 1. The second-order valence-corrected chi connectivity index (χ2v) is 6.88. The van der Waals surface area contributed by atoms with Gasteiger partial charge in [0, 0.05) is 20.9 Å². The molecule has 0 saturated heterocycles. The van der Waals surface area contributed by atoms with Crippen LogP contribution in [-0.4, -0.2) is 12.0 Å². The molecule has 1 unspecified atom stereocenters. The lowest BCUT2D eigenvalue weighted by atomic mass is 10.0. The molecule has 1 atom stereocenters. The standard InChI is InChI=1S/C14H17IN2S/c1-9-10(2)18-14(17-9)8-13(16-3)11-5-4-6-12(15)7-11/h4-7,13,16H,8H2,1-3H3. The minimum atomic E-state index is 0.338. The van der Waals surface area contributed by atoms with Crippen molar-refractivity contribution in [2.75, 3.05) is 7.05 Å². The van der Waals surface area contributed by atoms with Gasteiger partial charge in [0.15, 0.2) is 0 Å². The van der Waals surface area contributed by atoms with Crippen molar-refractivity contribution < 1.29 is 0 Å². The summed E-state index contributed by atoms with van der Waals surface area (Å²) >= 11 is 4.16. The van der Waals surface area contributed by atoms with Crippen molar-refractivity contribution in [3.05, 3.63) is 49.0 Å². The van der Waals surface area contributed by atoms with Crippen LogP contribution in [0.25, 0.3) is 0 Å². The minimum absolute atomic E-state index is 0.338. The molecule has 0 radical (unpaired) electrons. The zero-order valence-electron chi connectivity index (χ0n) is 10.8. The van der Waals surface area contributed by atoms with Gasteiger partial charge >= 0.3 is 0 Å². The third-order valence-electron chi connectivity index (χ3n) is 3.05. The Morgan fingerprint density at radius 2 is 2.17 bits per heavy atom. The molecule has 2 aromatic rings. The molecule has 18 heavy (non-hydrogen) atoms. The summed E-state index contributed by atoms with van der Waals surface area (Å²) < 4.78 is 1.27. The van der Waals surface area contributed by atoms with Crippen molar-refractivity contribution in [3.8, 4) is 0 Å². The van der Waals surface area contributed by atoms with E-state index in [0.29, 0.717) is 6.04 Å². The fraction of sp³-hybridized carbons (Fsp3) is 0.357. The van der Waals surface area contributed by atoms with Gasteiger partial charge in [-0.05, 0) is 61.2 Å². The maximum Gasteiger partial charge on any atom is 0.0949 e. The third kappa shape index (κ3) is 3.30. The molecule has 2 rings (SSSR count). The highest BCUT2D eigenvalue weighted by Gasteiger charge is 2.13. The molecule has 0 aliphatic heterocycles. The maximum atomic E-state index is 4.62. The SMILES string of the molecule is CNC(Cc1nc(C)c(C)s1)c1cccc(I)c1. The smallest absolute Gasteiger partial charge is 0.0949 e. The van der Waals surface area contributed by atoms with E-state index in [1.165, 1.54) is 19.0 Å². The van der Waals surface area contributed by atoms with Gasteiger partial charge in [0.1, 0.15) is 0 Å². The topological polar surface area (TPSA) is 24.9 Å². The van der Waals surface area contributed by atoms with E-state index in [0.717, 1.165) is 12.1 Å². The largest absolute Gasteiger partial charge is 0.313 e. The summed E-state index contributed by atoms with van der Waals surface area (Å²) in [6.45, 7) is 4.21. The van der Waals surface area contributed by atoms with Gasteiger partial charge in [-0.2, -0.15) is 0 Å². The highest BCUT2D eigenvalue weighted by molar-refractivity contribution is 14.1. The average molecular weight is 372 g/mol. The average Bonchev–Trinajstić information content (AvgIpc) is 2.65. The number of nitrogens with zero attached hydrogens (tertiary/aromatic N) is 1. The summed E-state index contributed by atoms with van der Waals surface area (Å²) in [6, 6.07) is 8.98. The van der Waals surface area contributed by atoms with Gasteiger partial charge in [-0.1, -0.05) is 12.1 Å². The molecular formula is C14H17IN2S. The molecule has 0 saturated carbocycles. The van der Waals surface area contributed by atoms with Gasteiger partial charge in [0.25, 0.3) is 0 Å². The minimum Gasteiger partial charge on any atom is -0.313 e. The summed E-state index contributed by atoms with van der Waals surface area (Å²) in [5.41, 5.74) is 2.49. The number of hydrogen-bond donors (Lipinski definition) is 1. The van der Waals surface area contributed by atoms with Crippen LogP contribution in [0.5, 0.6) is 0 Å². The molecule has 2 nitrogen and oxygen atoms in total. The van der Waals surface area contributed by atoms with Crippen LogP contribution in [0, 0.1) is 17.4 Å². The van der Waals surface area contributed by atoms with E-state index in [9.17, 15) is 0 Å². The number of benzene rings is 1. The van der Waals surface area contributed by atoms with Gasteiger partial charge in [0.2, 0.25) is 0 Å². The van der Waals surface area contributed by atoms with Crippen LogP contribution < -0.4 is 5.32 Å². The molecule has 0 aliphatic carbocycles. The van der Waals surface area contributed by atoms with Crippen molar-refractivity contribution in [2.45, 2.75) is 26.3 Å². The lowest BCUT2D eigenvalue weighted by Crippen LogP contribution is -2.18. The number of hydrogen-bond acceptors (Lipinski definition) is 3. The molecule has 0 spiro atoms. The highest BCUT2D eigenvalue weighted by Crippen LogP contribution is 2.24. The van der Waals surface area contributed by atoms with E-state index in [-0.39, 0.29) is 0 Å². The van der Waals surface area contributed by atoms with Crippen LogP contribution in [0.2, 0.25) is 0 Å². The van der Waals surface area contributed by atoms with Crippen LogP contribution in [0.4, 0.5) is 0 Å². The van der Waals surface area contributed by atoms with E-state index in [2.05, 4.69) is 71.0 Å². The first-order valence-corrected chi connectivity index (χ1v) is 7.85. The van der Waals surface area contributed by atoms with E-state index in [1.54, 1.807) is 11.3 Å². The fourth-order valence-electron chi connectivity index (χ4n) is 1.91. The number of aromatic nitrogens is 1. The van der Waals surface area contributed by atoms with Gasteiger partial charge in [0.05, 0.1) is 10.7 Å². The van der Waals surface area contributed by atoms with Crippen LogP contribution in [0.1, 0.15) is 27.2 Å². The number of nitrogens with one attached hydrogen (secondary N) is 1. The summed E-state index contributed by atoms with van der Waals surface area (Å²) in [6.07, 6.45) is 0.954. The second kappa shape index (κ2) is 6.12. The molecule has 0 amide bonds. The highest BCUT2D eigenvalue weighted by atomic mass is 127. The second-order valence-electron chi connectivity index (χ2n) is 4.35. The summed E-state index contributed by atoms with van der Waals surface area (Å²) in [5, 5.41) is 4.60. The molecule has 96 valence electrons.